The van der Waals surface area contributed by atoms with Gasteiger partial charge in [-0.15, -0.1) is 0 Å². The van der Waals surface area contributed by atoms with E-state index in [2.05, 4.69) is 0 Å². The van der Waals surface area contributed by atoms with Crippen LogP contribution in [-0.2, 0) is 19.8 Å². The molecule has 0 amide bonds. The van der Waals surface area contributed by atoms with Crippen LogP contribution in [0.3, 0.4) is 0 Å². The van der Waals surface area contributed by atoms with E-state index in [1.165, 1.54) is 0 Å². The highest BCUT2D eigenvalue weighted by Crippen LogP contribution is 2.24. The molecule has 0 saturated carbocycles. The van der Waals surface area contributed by atoms with E-state index >= 15 is 0 Å². The molecule has 1 aromatic carbocycles. The van der Waals surface area contributed by atoms with Crippen LogP contribution in [0.25, 0.3) is 0 Å². The van der Waals surface area contributed by atoms with Crippen LogP contribution in [-0.4, -0.2) is 37.5 Å². The van der Waals surface area contributed by atoms with E-state index < -0.39 is 42.9 Å². The molecule has 0 radical (unpaired) electrons. The summed E-state index contributed by atoms with van der Waals surface area (Å²) in [5.74, 6) is -3.00. The van der Waals surface area contributed by atoms with Gasteiger partial charge in [0.05, 0.1) is 30.9 Å². The number of benzene rings is 1. The van der Waals surface area contributed by atoms with E-state index in [9.17, 15) is 9.59 Å². The zero-order valence-electron chi connectivity index (χ0n) is 9.25. The highest BCUT2D eigenvalue weighted by atomic mass is 16.4. The Hall–Kier alpha value is -1.96. The number of rotatable bonds is 5. The lowest BCUT2D eigenvalue weighted by atomic mass is 9.92. The van der Waals surface area contributed by atoms with E-state index in [4.69, 9.17) is 25.5 Å². The standard InChI is InChI=1S/C11H12O7/c12-2-5-1-6(10(15)16)9(11(17)18)8(4-14)7(5)3-13/h1,12-14H,2-4H2,(H,15,16)(H,17,18). The number of hydrogen-bond donors (Lipinski definition) is 5. The zero-order valence-corrected chi connectivity index (χ0v) is 9.25. The van der Waals surface area contributed by atoms with Gasteiger partial charge in [0.25, 0.3) is 0 Å². The van der Waals surface area contributed by atoms with Gasteiger partial charge in [-0.3, -0.25) is 0 Å². The summed E-state index contributed by atoms with van der Waals surface area (Å²) in [6, 6.07) is 0.983. The van der Waals surface area contributed by atoms with Gasteiger partial charge in [-0.1, -0.05) is 0 Å². The van der Waals surface area contributed by atoms with Gasteiger partial charge in [-0.05, 0) is 22.8 Å². The second-order valence-corrected chi connectivity index (χ2v) is 3.50. The molecule has 18 heavy (non-hydrogen) atoms. The molecule has 1 rings (SSSR count). The molecule has 0 aliphatic carbocycles. The maximum absolute atomic E-state index is 11.1. The zero-order chi connectivity index (χ0) is 13.9. The van der Waals surface area contributed by atoms with Gasteiger partial charge in [-0.2, -0.15) is 0 Å². The fourth-order valence-corrected chi connectivity index (χ4v) is 1.77. The summed E-state index contributed by atoms with van der Waals surface area (Å²) in [6.07, 6.45) is 0. The predicted molar refractivity (Wildman–Crippen MR) is 58.1 cm³/mol. The summed E-state index contributed by atoms with van der Waals surface area (Å²) >= 11 is 0. The van der Waals surface area contributed by atoms with Crippen LogP contribution in [0.1, 0.15) is 37.4 Å². The number of carboxylic acids is 2. The van der Waals surface area contributed by atoms with Gasteiger partial charge in [0.15, 0.2) is 0 Å². The average molecular weight is 256 g/mol. The Bertz CT molecular complexity index is 493. The first-order valence-electron chi connectivity index (χ1n) is 4.94. The Labute approximate surface area is 102 Å². The van der Waals surface area contributed by atoms with Crippen molar-refractivity contribution in [3.8, 4) is 0 Å². The van der Waals surface area contributed by atoms with Crippen molar-refractivity contribution in [3.63, 3.8) is 0 Å². The van der Waals surface area contributed by atoms with Gasteiger partial charge in [0, 0.05) is 0 Å². The number of carbonyl (C=O) groups is 2. The molecule has 0 spiro atoms. The van der Waals surface area contributed by atoms with Crippen molar-refractivity contribution < 1.29 is 35.1 Å². The molecule has 7 nitrogen and oxygen atoms in total. The number of hydrogen-bond acceptors (Lipinski definition) is 5. The van der Waals surface area contributed by atoms with Crippen molar-refractivity contribution >= 4 is 11.9 Å². The third-order valence-corrected chi connectivity index (χ3v) is 2.57. The second-order valence-electron chi connectivity index (χ2n) is 3.50. The largest absolute Gasteiger partial charge is 0.478 e. The summed E-state index contributed by atoms with van der Waals surface area (Å²) in [7, 11) is 0. The van der Waals surface area contributed by atoms with Crippen molar-refractivity contribution in [2.24, 2.45) is 0 Å². The highest BCUT2D eigenvalue weighted by Gasteiger charge is 2.24. The van der Waals surface area contributed by atoms with Crippen molar-refractivity contribution in [2.75, 3.05) is 0 Å². The SMILES string of the molecule is O=C(O)c1cc(CO)c(CO)c(CO)c1C(=O)O. The monoisotopic (exact) mass is 256 g/mol. The van der Waals surface area contributed by atoms with Crippen molar-refractivity contribution in [3.05, 3.63) is 33.9 Å². The summed E-state index contributed by atoms with van der Waals surface area (Å²) < 4.78 is 0. The van der Waals surface area contributed by atoms with Crippen LogP contribution in [0.5, 0.6) is 0 Å². The van der Waals surface area contributed by atoms with Crippen LogP contribution >= 0.6 is 0 Å². The molecule has 0 bridgehead atoms. The Kier molecular flexibility index (Phi) is 4.38. The first-order valence-corrected chi connectivity index (χ1v) is 4.94. The lowest BCUT2D eigenvalue weighted by Gasteiger charge is -2.15. The third kappa shape index (κ3) is 2.33. The van der Waals surface area contributed by atoms with Gasteiger partial charge >= 0.3 is 11.9 Å². The molecule has 0 aromatic heterocycles. The first-order chi connectivity index (χ1) is 8.47. The minimum absolute atomic E-state index is 0.0300. The second kappa shape index (κ2) is 5.58. The van der Waals surface area contributed by atoms with E-state index in [1.807, 2.05) is 0 Å². The summed E-state index contributed by atoms with van der Waals surface area (Å²) in [5.41, 5.74) is -1.21. The molecule has 1 aromatic rings. The van der Waals surface area contributed by atoms with Crippen molar-refractivity contribution in [1.29, 1.82) is 0 Å². The van der Waals surface area contributed by atoms with Gasteiger partial charge < -0.3 is 25.5 Å². The quantitative estimate of drug-likeness (QED) is 0.481. The topological polar surface area (TPSA) is 135 Å². The molecule has 0 unspecified atom stereocenters. The molecule has 0 saturated heterocycles. The van der Waals surface area contributed by atoms with Gasteiger partial charge in [-0.25, -0.2) is 9.59 Å². The van der Waals surface area contributed by atoms with Crippen LogP contribution in [0, 0.1) is 0 Å². The van der Waals surface area contributed by atoms with E-state index in [-0.39, 0.29) is 16.7 Å². The van der Waals surface area contributed by atoms with E-state index in [0.717, 1.165) is 6.07 Å². The predicted octanol–water partition coefficient (Wildman–Crippen LogP) is -0.440. The number of aromatic carboxylic acids is 2. The fraction of sp³-hybridized carbons (Fsp3) is 0.273. The smallest absolute Gasteiger partial charge is 0.336 e. The number of aliphatic hydroxyl groups excluding tert-OH is 3. The maximum atomic E-state index is 11.1. The average Bonchev–Trinajstić information content (AvgIpc) is 2.35. The highest BCUT2D eigenvalue weighted by molar-refractivity contribution is 6.03. The minimum Gasteiger partial charge on any atom is -0.478 e. The molecular formula is C11H12O7. The lowest BCUT2D eigenvalue weighted by molar-refractivity contribution is 0.0648. The van der Waals surface area contributed by atoms with Crippen LogP contribution in [0.2, 0.25) is 0 Å². The van der Waals surface area contributed by atoms with Crippen molar-refractivity contribution in [2.45, 2.75) is 19.8 Å². The van der Waals surface area contributed by atoms with E-state index in [0.29, 0.717) is 0 Å². The van der Waals surface area contributed by atoms with Crippen molar-refractivity contribution in [1.82, 2.24) is 0 Å². The summed E-state index contributed by atoms with van der Waals surface area (Å²) in [5, 5.41) is 45.3. The molecule has 0 aliphatic heterocycles. The number of carboxylic acid groups (broad SMARTS) is 2. The van der Waals surface area contributed by atoms with Crippen LogP contribution in [0.4, 0.5) is 0 Å². The summed E-state index contributed by atoms with van der Waals surface area (Å²) in [6.45, 7) is -1.92. The molecule has 0 fully saturated rings. The number of aliphatic hydroxyl groups is 3. The minimum atomic E-state index is -1.52. The van der Waals surface area contributed by atoms with Crippen LogP contribution < -0.4 is 0 Å². The Morgan fingerprint density at radius 3 is 1.78 bits per heavy atom. The Morgan fingerprint density at radius 2 is 1.44 bits per heavy atom. The van der Waals surface area contributed by atoms with Crippen LogP contribution in [0.15, 0.2) is 6.07 Å². The normalized spacial score (nSPS) is 10.4. The Balaban J connectivity index is 3.74. The Morgan fingerprint density at radius 1 is 0.889 bits per heavy atom. The van der Waals surface area contributed by atoms with E-state index in [1.54, 1.807) is 0 Å². The molecular weight excluding hydrogens is 244 g/mol. The van der Waals surface area contributed by atoms with Gasteiger partial charge in [0.2, 0.25) is 0 Å². The fourth-order valence-electron chi connectivity index (χ4n) is 1.77. The van der Waals surface area contributed by atoms with Gasteiger partial charge in [0.1, 0.15) is 0 Å². The lowest BCUT2D eigenvalue weighted by Crippen LogP contribution is -2.16. The first kappa shape index (κ1) is 14.1. The molecule has 98 valence electrons. The molecule has 0 atom stereocenters. The molecule has 5 N–H and O–H groups in total. The molecule has 0 aliphatic rings. The maximum Gasteiger partial charge on any atom is 0.336 e. The molecule has 0 heterocycles. The third-order valence-electron chi connectivity index (χ3n) is 2.57. The molecule has 7 heteroatoms. The summed E-state index contributed by atoms with van der Waals surface area (Å²) in [4.78, 5) is 22.0.